The SMILES string of the molecule is O=C(O)c1ccnc(-c2ccccc2OC(F)(F)F)c1F. The quantitative estimate of drug-likeness (QED) is 0.882. The molecule has 0 fully saturated rings. The molecule has 21 heavy (non-hydrogen) atoms. The minimum absolute atomic E-state index is 0.296. The monoisotopic (exact) mass is 301 g/mol. The lowest BCUT2D eigenvalue weighted by molar-refractivity contribution is -0.274. The van der Waals surface area contributed by atoms with E-state index < -0.39 is 35.2 Å². The number of rotatable bonds is 3. The van der Waals surface area contributed by atoms with Gasteiger partial charge in [0.2, 0.25) is 0 Å². The third kappa shape index (κ3) is 3.28. The molecule has 0 aliphatic carbocycles. The van der Waals surface area contributed by atoms with Gasteiger partial charge >= 0.3 is 12.3 Å². The summed E-state index contributed by atoms with van der Waals surface area (Å²) >= 11 is 0. The number of ether oxygens (including phenoxy) is 1. The summed E-state index contributed by atoms with van der Waals surface area (Å²) in [6.07, 6.45) is -3.97. The summed E-state index contributed by atoms with van der Waals surface area (Å²) in [4.78, 5) is 14.4. The van der Waals surface area contributed by atoms with Gasteiger partial charge in [0.1, 0.15) is 11.4 Å². The van der Waals surface area contributed by atoms with E-state index in [2.05, 4.69) is 9.72 Å². The maximum Gasteiger partial charge on any atom is 0.573 e. The number of aromatic carboxylic acids is 1. The zero-order valence-electron chi connectivity index (χ0n) is 10.2. The van der Waals surface area contributed by atoms with Gasteiger partial charge in [-0.3, -0.25) is 4.98 Å². The standard InChI is InChI=1S/C13H7F4NO3/c14-10-8(12(19)20)5-6-18-11(10)7-3-1-2-4-9(7)21-13(15,16)17/h1-6H,(H,19,20). The number of carbonyl (C=O) groups is 1. The van der Waals surface area contributed by atoms with Crippen molar-refractivity contribution in [3.63, 3.8) is 0 Å². The summed E-state index contributed by atoms with van der Waals surface area (Å²) in [5.74, 6) is -3.45. The van der Waals surface area contributed by atoms with Gasteiger partial charge in [-0.25, -0.2) is 9.18 Å². The first kappa shape index (κ1) is 14.8. The molecule has 0 radical (unpaired) electrons. The number of nitrogens with zero attached hydrogens (tertiary/aromatic N) is 1. The molecule has 1 aromatic carbocycles. The van der Waals surface area contributed by atoms with Crippen LogP contribution >= 0.6 is 0 Å². The molecule has 8 heteroatoms. The molecule has 110 valence electrons. The molecule has 2 aromatic rings. The fourth-order valence-corrected chi connectivity index (χ4v) is 1.67. The summed E-state index contributed by atoms with van der Waals surface area (Å²) in [7, 11) is 0. The van der Waals surface area contributed by atoms with E-state index in [-0.39, 0.29) is 5.56 Å². The van der Waals surface area contributed by atoms with Crippen LogP contribution in [-0.4, -0.2) is 22.4 Å². The van der Waals surface area contributed by atoms with E-state index in [1.54, 1.807) is 0 Å². The second-order valence-electron chi connectivity index (χ2n) is 3.87. The number of hydrogen-bond acceptors (Lipinski definition) is 3. The van der Waals surface area contributed by atoms with Gasteiger partial charge in [0.25, 0.3) is 0 Å². The van der Waals surface area contributed by atoms with Gasteiger partial charge < -0.3 is 9.84 Å². The lowest BCUT2D eigenvalue weighted by Crippen LogP contribution is -2.17. The summed E-state index contributed by atoms with van der Waals surface area (Å²) in [6.45, 7) is 0. The molecule has 0 amide bonds. The average molecular weight is 301 g/mol. The first-order valence-electron chi connectivity index (χ1n) is 5.52. The van der Waals surface area contributed by atoms with Crippen LogP contribution in [-0.2, 0) is 0 Å². The van der Waals surface area contributed by atoms with E-state index in [1.165, 1.54) is 12.1 Å². The van der Waals surface area contributed by atoms with Crippen molar-refractivity contribution in [2.45, 2.75) is 6.36 Å². The molecular weight excluding hydrogens is 294 g/mol. The van der Waals surface area contributed by atoms with Gasteiger partial charge in [-0.1, -0.05) is 12.1 Å². The van der Waals surface area contributed by atoms with Gasteiger partial charge in [0, 0.05) is 11.8 Å². The van der Waals surface area contributed by atoms with E-state index in [4.69, 9.17) is 5.11 Å². The Morgan fingerprint density at radius 2 is 1.86 bits per heavy atom. The van der Waals surface area contributed by atoms with Crippen LogP contribution in [0.15, 0.2) is 36.5 Å². The number of aromatic nitrogens is 1. The fourth-order valence-electron chi connectivity index (χ4n) is 1.67. The molecule has 1 N–H and O–H groups in total. The molecule has 0 bridgehead atoms. The largest absolute Gasteiger partial charge is 0.573 e. The van der Waals surface area contributed by atoms with Crippen molar-refractivity contribution in [2.75, 3.05) is 0 Å². The first-order valence-corrected chi connectivity index (χ1v) is 5.52. The number of alkyl halides is 3. The highest BCUT2D eigenvalue weighted by Gasteiger charge is 2.32. The van der Waals surface area contributed by atoms with Crippen molar-refractivity contribution < 1.29 is 32.2 Å². The van der Waals surface area contributed by atoms with Crippen LogP contribution < -0.4 is 4.74 Å². The minimum atomic E-state index is -4.96. The number of carboxylic acids is 1. The molecule has 1 heterocycles. The molecule has 0 spiro atoms. The predicted octanol–water partition coefficient (Wildman–Crippen LogP) is 3.48. The van der Waals surface area contributed by atoms with E-state index in [0.717, 1.165) is 24.4 Å². The minimum Gasteiger partial charge on any atom is -0.478 e. The third-order valence-electron chi connectivity index (χ3n) is 2.49. The van der Waals surface area contributed by atoms with E-state index in [0.29, 0.717) is 0 Å². The molecule has 1 aromatic heterocycles. The van der Waals surface area contributed by atoms with Crippen molar-refractivity contribution in [2.24, 2.45) is 0 Å². The Labute approximate surface area is 115 Å². The van der Waals surface area contributed by atoms with E-state index in [1.807, 2.05) is 0 Å². The Kier molecular flexibility index (Phi) is 3.79. The van der Waals surface area contributed by atoms with Crippen LogP contribution in [0.2, 0.25) is 0 Å². The molecule has 4 nitrogen and oxygen atoms in total. The number of benzene rings is 1. The first-order chi connectivity index (χ1) is 9.79. The maximum absolute atomic E-state index is 14.0. The van der Waals surface area contributed by atoms with Crippen molar-refractivity contribution in [3.05, 3.63) is 47.9 Å². The van der Waals surface area contributed by atoms with Gasteiger partial charge in [0.15, 0.2) is 5.82 Å². The molecule has 0 aliphatic heterocycles. The van der Waals surface area contributed by atoms with Crippen LogP contribution in [0.1, 0.15) is 10.4 Å². The lowest BCUT2D eigenvalue weighted by Gasteiger charge is -2.13. The Bertz CT molecular complexity index is 685. The van der Waals surface area contributed by atoms with Crippen molar-refractivity contribution >= 4 is 5.97 Å². The summed E-state index contributed by atoms with van der Waals surface area (Å²) in [5.41, 5.74) is -1.52. The van der Waals surface area contributed by atoms with Gasteiger partial charge in [0.05, 0.1) is 5.56 Å². The maximum atomic E-state index is 14.0. The molecule has 0 saturated heterocycles. The molecule has 0 unspecified atom stereocenters. The summed E-state index contributed by atoms with van der Waals surface area (Å²) in [6, 6.07) is 5.67. The van der Waals surface area contributed by atoms with Crippen LogP contribution in [0.5, 0.6) is 5.75 Å². The van der Waals surface area contributed by atoms with Gasteiger partial charge in [-0.2, -0.15) is 0 Å². The van der Waals surface area contributed by atoms with Crippen molar-refractivity contribution in [1.29, 1.82) is 0 Å². The molecular formula is C13H7F4NO3. The van der Waals surface area contributed by atoms with Crippen LogP contribution in [0, 0.1) is 5.82 Å². The molecule has 0 atom stereocenters. The molecule has 0 saturated carbocycles. The van der Waals surface area contributed by atoms with Gasteiger partial charge in [-0.05, 0) is 18.2 Å². The van der Waals surface area contributed by atoms with E-state index in [9.17, 15) is 22.4 Å². The highest BCUT2D eigenvalue weighted by atomic mass is 19.4. The van der Waals surface area contributed by atoms with E-state index >= 15 is 0 Å². The number of pyridine rings is 1. The topological polar surface area (TPSA) is 59.4 Å². The number of carboxylic acid groups (broad SMARTS) is 1. The molecule has 0 aliphatic rings. The fraction of sp³-hybridized carbons (Fsp3) is 0.0769. The van der Waals surface area contributed by atoms with Crippen molar-refractivity contribution in [3.8, 4) is 17.0 Å². The number of hydrogen-bond donors (Lipinski definition) is 1. The number of halogens is 4. The van der Waals surface area contributed by atoms with Crippen LogP contribution in [0.3, 0.4) is 0 Å². The molecule has 2 rings (SSSR count). The van der Waals surface area contributed by atoms with Crippen LogP contribution in [0.25, 0.3) is 11.3 Å². The smallest absolute Gasteiger partial charge is 0.478 e. The Hall–Kier alpha value is -2.64. The lowest BCUT2D eigenvalue weighted by atomic mass is 10.1. The highest BCUT2D eigenvalue weighted by Crippen LogP contribution is 2.34. The zero-order chi connectivity index (χ0) is 15.6. The third-order valence-corrected chi connectivity index (χ3v) is 2.49. The summed E-state index contributed by atoms with van der Waals surface area (Å²) in [5, 5.41) is 8.81. The predicted molar refractivity (Wildman–Crippen MR) is 63.3 cm³/mol. The highest BCUT2D eigenvalue weighted by molar-refractivity contribution is 5.89. The number of para-hydroxylation sites is 1. The second-order valence-corrected chi connectivity index (χ2v) is 3.87. The van der Waals surface area contributed by atoms with Crippen LogP contribution in [0.4, 0.5) is 17.6 Å². The Balaban J connectivity index is 2.58. The Morgan fingerprint density at radius 1 is 1.19 bits per heavy atom. The van der Waals surface area contributed by atoms with Gasteiger partial charge in [-0.15, -0.1) is 13.2 Å². The Morgan fingerprint density at radius 3 is 2.48 bits per heavy atom. The summed E-state index contributed by atoms with van der Waals surface area (Å²) < 4.78 is 54.8. The second kappa shape index (κ2) is 5.39. The normalized spacial score (nSPS) is 11.2. The van der Waals surface area contributed by atoms with Crippen molar-refractivity contribution in [1.82, 2.24) is 4.98 Å². The zero-order valence-corrected chi connectivity index (χ0v) is 10.2. The average Bonchev–Trinajstić information content (AvgIpc) is 2.38.